The van der Waals surface area contributed by atoms with Gasteiger partial charge in [0.1, 0.15) is 0 Å². The SMILES string of the molecule is CCc1ccc(C(=O)CCC(=O)N(C)Cc2ccccc2)cc1. The number of rotatable bonds is 7. The van der Waals surface area contributed by atoms with Crippen molar-refractivity contribution in [1.29, 1.82) is 0 Å². The van der Waals surface area contributed by atoms with Crippen LogP contribution in [0.1, 0.15) is 41.3 Å². The molecule has 23 heavy (non-hydrogen) atoms. The van der Waals surface area contributed by atoms with Crippen molar-refractivity contribution in [3.63, 3.8) is 0 Å². The number of Topliss-reactive ketones (excluding diaryl/α,β-unsaturated/α-hetero) is 1. The summed E-state index contributed by atoms with van der Waals surface area (Å²) in [4.78, 5) is 26.0. The standard InChI is InChI=1S/C20H23NO2/c1-3-16-9-11-18(12-10-16)19(22)13-14-20(23)21(2)15-17-7-5-4-6-8-17/h4-12H,3,13-15H2,1-2H3. The highest BCUT2D eigenvalue weighted by Crippen LogP contribution is 2.10. The second-order valence-electron chi connectivity index (χ2n) is 5.71. The minimum Gasteiger partial charge on any atom is -0.341 e. The first-order valence-electron chi connectivity index (χ1n) is 8.00. The molecule has 0 bridgehead atoms. The van der Waals surface area contributed by atoms with Gasteiger partial charge in [-0.3, -0.25) is 9.59 Å². The van der Waals surface area contributed by atoms with Gasteiger partial charge in [-0.1, -0.05) is 61.5 Å². The average molecular weight is 309 g/mol. The van der Waals surface area contributed by atoms with Crippen molar-refractivity contribution >= 4 is 11.7 Å². The largest absolute Gasteiger partial charge is 0.341 e. The van der Waals surface area contributed by atoms with E-state index in [1.807, 2.05) is 54.6 Å². The summed E-state index contributed by atoms with van der Waals surface area (Å²) in [5.74, 6) is 0.0153. The third-order valence-electron chi connectivity index (χ3n) is 3.94. The monoisotopic (exact) mass is 309 g/mol. The maximum atomic E-state index is 12.2. The van der Waals surface area contributed by atoms with Gasteiger partial charge in [-0.05, 0) is 17.5 Å². The fraction of sp³-hybridized carbons (Fsp3) is 0.300. The van der Waals surface area contributed by atoms with Gasteiger partial charge >= 0.3 is 0 Å². The van der Waals surface area contributed by atoms with E-state index in [0.717, 1.165) is 12.0 Å². The predicted octanol–water partition coefficient (Wildman–Crippen LogP) is 3.87. The molecule has 2 aromatic rings. The number of aryl methyl sites for hydroxylation is 1. The molecule has 2 aromatic carbocycles. The van der Waals surface area contributed by atoms with Gasteiger partial charge in [-0.2, -0.15) is 0 Å². The zero-order chi connectivity index (χ0) is 16.7. The molecule has 1 amide bonds. The second-order valence-corrected chi connectivity index (χ2v) is 5.71. The van der Waals surface area contributed by atoms with Crippen molar-refractivity contribution in [2.75, 3.05) is 7.05 Å². The number of nitrogens with zero attached hydrogens (tertiary/aromatic N) is 1. The summed E-state index contributed by atoms with van der Waals surface area (Å²) >= 11 is 0. The fourth-order valence-corrected chi connectivity index (χ4v) is 2.43. The number of carbonyl (C=O) groups is 2. The smallest absolute Gasteiger partial charge is 0.223 e. The lowest BCUT2D eigenvalue weighted by molar-refractivity contribution is -0.130. The highest BCUT2D eigenvalue weighted by molar-refractivity contribution is 5.97. The number of carbonyl (C=O) groups excluding carboxylic acids is 2. The van der Waals surface area contributed by atoms with Crippen LogP contribution in [-0.2, 0) is 17.8 Å². The van der Waals surface area contributed by atoms with E-state index in [1.54, 1.807) is 11.9 Å². The summed E-state index contributed by atoms with van der Waals surface area (Å²) < 4.78 is 0. The van der Waals surface area contributed by atoms with E-state index in [2.05, 4.69) is 6.92 Å². The normalized spacial score (nSPS) is 10.3. The lowest BCUT2D eigenvalue weighted by Crippen LogP contribution is -2.26. The van der Waals surface area contributed by atoms with E-state index in [-0.39, 0.29) is 24.5 Å². The molecule has 3 heteroatoms. The summed E-state index contributed by atoms with van der Waals surface area (Å²) in [6.45, 7) is 2.65. The van der Waals surface area contributed by atoms with Crippen LogP contribution in [0.15, 0.2) is 54.6 Å². The Morgan fingerprint density at radius 3 is 2.13 bits per heavy atom. The van der Waals surface area contributed by atoms with Crippen molar-refractivity contribution in [2.24, 2.45) is 0 Å². The van der Waals surface area contributed by atoms with Crippen molar-refractivity contribution in [1.82, 2.24) is 4.90 Å². The molecule has 0 unspecified atom stereocenters. The summed E-state index contributed by atoms with van der Waals surface area (Å²) in [5, 5.41) is 0. The van der Waals surface area contributed by atoms with Gasteiger partial charge in [0.05, 0.1) is 0 Å². The highest BCUT2D eigenvalue weighted by atomic mass is 16.2. The van der Waals surface area contributed by atoms with E-state index in [0.29, 0.717) is 12.1 Å². The molecule has 0 radical (unpaired) electrons. The van der Waals surface area contributed by atoms with Crippen LogP contribution in [-0.4, -0.2) is 23.6 Å². The first-order valence-corrected chi connectivity index (χ1v) is 8.00. The molecular weight excluding hydrogens is 286 g/mol. The van der Waals surface area contributed by atoms with Crippen molar-refractivity contribution in [3.05, 3.63) is 71.3 Å². The van der Waals surface area contributed by atoms with Crippen LogP contribution < -0.4 is 0 Å². The Morgan fingerprint density at radius 2 is 1.52 bits per heavy atom. The van der Waals surface area contributed by atoms with E-state index >= 15 is 0 Å². The Labute approximate surface area is 137 Å². The lowest BCUT2D eigenvalue weighted by Gasteiger charge is -2.17. The van der Waals surface area contributed by atoms with Crippen molar-refractivity contribution in [2.45, 2.75) is 32.7 Å². The molecule has 0 aliphatic heterocycles. The van der Waals surface area contributed by atoms with Crippen LogP contribution in [0.3, 0.4) is 0 Å². The van der Waals surface area contributed by atoms with Crippen LogP contribution in [0, 0.1) is 0 Å². The summed E-state index contributed by atoms with van der Waals surface area (Å²) in [7, 11) is 1.77. The molecule has 0 fully saturated rings. The second kappa shape index (κ2) is 8.28. The third-order valence-corrected chi connectivity index (χ3v) is 3.94. The van der Waals surface area contributed by atoms with Gasteiger partial charge < -0.3 is 4.90 Å². The predicted molar refractivity (Wildman–Crippen MR) is 92.3 cm³/mol. The third kappa shape index (κ3) is 5.06. The highest BCUT2D eigenvalue weighted by Gasteiger charge is 2.13. The lowest BCUT2D eigenvalue weighted by atomic mass is 10.0. The zero-order valence-corrected chi connectivity index (χ0v) is 13.8. The van der Waals surface area contributed by atoms with E-state index in [4.69, 9.17) is 0 Å². The molecule has 0 heterocycles. The summed E-state index contributed by atoms with van der Waals surface area (Å²) in [5.41, 5.74) is 2.98. The number of hydrogen-bond donors (Lipinski definition) is 0. The number of amides is 1. The topological polar surface area (TPSA) is 37.4 Å². The molecule has 0 aliphatic carbocycles. The van der Waals surface area contributed by atoms with Crippen molar-refractivity contribution in [3.8, 4) is 0 Å². The van der Waals surface area contributed by atoms with Crippen LogP contribution in [0.25, 0.3) is 0 Å². The quantitative estimate of drug-likeness (QED) is 0.728. The van der Waals surface area contributed by atoms with Gasteiger partial charge in [-0.15, -0.1) is 0 Å². The summed E-state index contributed by atoms with van der Waals surface area (Å²) in [6.07, 6.45) is 1.46. The average Bonchev–Trinajstić information content (AvgIpc) is 2.60. The molecule has 2 rings (SSSR count). The first kappa shape index (κ1) is 16.9. The molecule has 0 N–H and O–H groups in total. The molecule has 3 nitrogen and oxygen atoms in total. The van der Waals surface area contributed by atoms with Crippen LogP contribution >= 0.6 is 0 Å². The molecule has 0 saturated carbocycles. The Kier molecular flexibility index (Phi) is 6.10. The number of benzene rings is 2. The zero-order valence-electron chi connectivity index (χ0n) is 13.8. The van der Waals surface area contributed by atoms with E-state index in [9.17, 15) is 9.59 Å². The van der Waals surface area contributed by atoms with Gasteiger partial charge in [-0.25, -0.2) is 0 Å². The minimum atomic E-state index is -0.00705. The van der Waals surface area contributed by atoms with Gasteiger partial charge in [0.15, 0.2) is 5.78 Å². The van der Waals surface area contributed by atoms with Gasteiger partial charge in [0, 0.05) is 32.0 Å². The Hall–Kier alpha value is -2.42. The van der Waals surface area contributed by atoms with Crippen LogP contribution in [0.5, 0.6) is 0 Å². The van der Waals surface area contributed by atoms with Gasteiger partial charge in [0.25, 0.3) is 0 Å². The molecule has 120 valence electrons. The fourth-order valence-electron chi connectivity index (χ4n) is 2.43. The number of hydrogen-bond acceptors (Lipinski definition) is 2. The molecular formula is C20H23NO2. The summed E-state index contributed by atoms with van der Waals surface area (Å²) in [6, 6.07) is 17.5. The Morgan fingerprint density at radius 1 is 0.870 bits per heavy atom. The van der Waals surface area contributed by atoms with Crippen LogP contribution in [0.2, 0.25) is 0 Å². The number of ketones is 1. The van der Waals surface area contributed by atoms with E-state index < -0.39 is 0 Å². The maximum absolute atomic E-state index is 12.2. The van der Waals surface area contributed by atoms with Crippen molar-refractivity contribution < 1.29 is 9.59 Å². The molecule has 0 spiro atoms. The Balaban J connectivity index is 1.84. The molecule has 0 saturated heterocycles. The molecule has 0 aliphatic rings. The van der Waals surface area contributed by atoms with Crippen LogP contribution in [0.4, 0.5) is 0 Å². The molecule has 0 aromatic heterocycles. The van der Waals surface area contributed by atoms with Gasteiger partial charge in [0.2, 0.25) is 5.91 Å². The first-order chi connectivity index (χ1) is 11.1. The minimum absolute atomic E-state index is 0.00705. The Bertz CT molecular complexity index is 647. The maximum Gasteiger partial charge on any atom is 0.223 e. The van der Waals surface area contributed by atoms with E-state index in [1.165, 1.54) is 5.56 Å². The molecule has 0 atom stereocenters.